The van der Waals surface area contributed by atoms with E-state index in [-0.39, 0.29) is 28.4 Å². The molecule has 4 rings (SSSR count). The van der Waals surface area contributed by atoms with Crippen LogP contribution in [0.3, 0.4) is 0 Å². The molecule has 0 spiro atoms. The van der Waals surface area contributed by atoms with Crippen LogP contribution in [0.1, 0.15) is 24.1 Å². The Morgan fingerprint density at radius 3 is 2.68 bits per heavy atom. The van der Waals surface area contributed by atoms with Crippen LogP contribution in [0.15, 0.2) is 52.8 Å². The number of amides is 1. The summed E-state index contributed by atoms with van der Waals surface area (Å²) in [4.78, 5) is 21.9. The summed E-state index contributed by atoms with van der Waals surface area (Å²) in [5.41, 5.74) is 0.784. The first-order chi connectivity index (χ1) is 16.4. The highest BCUT2D eigenvalue weighted by molar-refractivity contribution is 7.89. The Hall–Kier alpha value is -3.20. The molecule has 0 radical (unpaired) electrons. The molecule has 3 N–H and O–H groups in total. The van der Waals surface area contributed by atoms with Gasteiger partial charge in [0.25, 0.3) is 5.91 Å². The fourth-order valence-corrected chi connectivity index (χ4v) is 4.96. The Morgan fingerprint density at radius 1 is 1.26 bits per heavy atom. The van der Waals surface area contributed by atoms with Gasteiger partial charge in [0.1, 0.15) is 0 Å². The number of aromatic nitrogens is 3. The lowest BCUT2D eigenvalue weighted by Gasteiger charge is -2.23. The maximum Gasteiger partial charge on any atom is 0.280 e. The maximum absolute atomic E-state index is 13.3. The van der Waals surface area contributed by atoms with E-state index in [9.17, 15) is 17.6 Å². The minimum absolute atomic E-state index is 0.0180. The largest absolute Gasteiger partial charge is 0.389 e. The van der Waals surface area contributed by atoms with Crippen molar-refractivity contribution in [3.05, 3.63) is 59.1 Å². The monoisotopic (exact) mass is 508 g/mol. The van der Waals surface area contributed by atoms with Gasteiger partial charge in [0, 0.05) is 31.0 Å². The number of nitrogens with one attached hydrogen (secondary N) is 3. The van der Waals surface area contributed by atoms with Crippen molar-refractivity contribution in [3.8, 4) is 0 Å². The van der Waals surface area contributed by atoms with Crippen LogP contribution in [0.4, 0.5) is 9.52 Å². The number of hydrogen-bond donors (Lipinski definition) is 3. The molecule has 0 bridgehead atoms. The lowest BCUT2D eigenvalue weighted by atomic mass is 10.1. The second-order valence-corrected chi connectivity index (χ2v) is 9.95. The molecular weight excluding hydrogens is 487 g/mol. The average molecular weight is 509 g/mol. The lowest BCUT2D eigenvalue weighted by Crippen LogP contribution is -2.38. The van der Waals surface area contributed by atoms with Crippen LogP contribution in [-0.4, -0.2) is 54.5 Å². The number of aromatic amines is 1. The molecule has 0 atom stereocenters. The number of benzene rings is 1. The first-order valence-corrected chi connectivity index (χ1v) is 12.5. The quantitative estimate of drug-likeness (QED) is 0.296. The van der Waals surface area contributed by atoms with E-state index in [1.165, 1.54) is 24.3 Å². The van der Waals surface area contributed by atoms with Gasteiger partial charge in [-0.25, -0.2) is 18.1 Å². The Kier molecular flexibility index (Phi) is 7.62. The zero-order valence-corrected chi connectivity index (χ0v) is 19.4. The van der Waals surface area contributed by atoms with Crippen molar-refractivity contribution in [3.63, 3.8) is 0 Å². The summed E-state index contributed by atoms with van der Waals surface area (Å²) in [5.74, 6) is -0.699. The normalized spacial score (nSPS) is 15.3. The van der Waals surface area contributed by atoms with Crippen molar-refractivity contribution in [1.82, 2.24) is 19.9 Å². The number of hydrogen-bond acceptors (Lipinski definition) is 9. The molecule has 0 unspecified atom stereocenters. The molecule has 1 aromatic carbocycles. The minimum Gasteiger partial charge on any atom is -0.389 e. The zero-order valence-electron chi connectivity index (χ0n) is 17.7. The number of nitrogens with zero attached hydrogens (tertiary/aromatic N) is 3. The fourth-order valence-electron chi connectivity index (χ4n) is 3.12. The van der Waals surface area contributed by atoms with Gasteiger partial charge in [-0.1, -0.05) is 28.6 Å². The molecule has 180 valence electrons. The van der Waals surface area contributed by atoms with E-state index in [2.05, 4.69) is 30.4 Å². The van der Waals surface area contributed by atoms with Crippen LogP contribution in [0.2, 0.25) is 0 Å². The number of carbonyl (C=O) groups excluding carboxylic acids is 1. The van der Waals surface area contributed by atoms with Crippen LogP contribution in [0.5, 0.6) is 0 Å². The Bertz CT molecular complexity index is 1240. The van der Waals surface area contributed by atoms with Gasteiger partial charge in [-0.2, -0.15) is 9.49 Å². The van der Waals surface area contributed by atoms with Gasteiger partial charge in [-0.3, -0.25) is 15.2 Å². The second kappa shape index (κ2) is 10.8. The molecule has 1 fully saturated rings. The predicted octanol–water partition coefficient (Wildman–Crippen LogP) is 2.02. The first kappa shape index (κ1) is 23.9. The second-order valence-electron chi connectivity index (χ2n) is 7.25. The van der Waals surface area contributed by atoms with Gasteiger partial charge in [0.2, 0.25) is 10.0 Å². The summed E-state index contributed by atoms with van der Waals surface area (Å²) in [7, 11) is -3.75. The summed E-state index contributed by atoms with van der Waals surface area (Å²) in [6.07, 6.45) is 3.72. The molecule has 3 heterocycles. The van der Waals surface area contributed by atoms with E-state index in [0.29, 0.717) is 48.6 Å². The summed E-state index contributed by atoms with van der Waals surface area (Å²) in [6.45, 7) is 1.02. The standard InChI is InChI=1S/C20H21FN6O5S2/c21-17-11-22-20(33-17)24-19(28)18(26-32-12-15-5-8-23-25-15)13-1-3-16(4-2-13)34(29,30)27-14-6-9-31-10-7-14/h1-5,8,11,14,27H,6-7,9-10,12H2,(H,23,25)(H,22,24,28). The molecule has 11 nitrogen and oxygen atoms in total. The van der Waals surface area contributed by atoms with E-state index in [4.69, 9.17) is 9.57 Å². The SMILES string of the molecule is O=C(Nc1ncc(F)s1)C(=NOCc1ccn[nH]1)c1ccc(S(=O)(=O)NC2CCOCC2)cc1. The molecular formula is C20H21FN6O5S2. The van der Waals surface area contributed by atoms with Gasteiger partial charge in [0.15, 0.2) is 22.6 Å². The molecule has 0 saturated carbocycles. The zero-order chi connectivity index (χ0) is 24.0. The molecule has 1 aliphatic heterocycles. The fraction of sp³-hybridized carbons (Fsp3) is 0.300. The highest BCUT2D eigenvalue weighted by Gasteiger charge is 2.23. The smallest absolute Gasteiger partial charge is 0.280 e. The van der Waals surface area contributed by atoms with Gasteiger partial charge in [0.05, 0.1) is 16.8 Å². The Balaban J connectivity index is 1.52. The number of carbonyl (C=O) groups is 1. The number of sulfonamides is 1. The average Bonchev–Trinajstić information content (AvgIpc) is 3.49. The van der Waals surface area contributed by atoms with Gasteiger partial charge in [-0.05, 0) is 31.0 Å². The number of thiazole rings is 1. The first-order valence-electron chi connectivity index (χ1n) is 10.2. The number of oxime groups is 1. The van der Waals surface area contributed by atoms with Gasteiger partial charge < -0.3 is 9.57 Å². The predicted molar refractivity (Wildman–Crippen MR) is 121 cm³/mol. The van der Waals surface area contributed by atoms with Crippen molar-refractivity contribution in [2.45, 2.75) is 30.4 Å². The number of H-pyrrole nitrogens is 1. The molecule has 1 amide bonds. The number of ether oxygens (including phenoxy) is 1. The third kappa shape index (κ3) is 6.22. The lowest BCUT2D eigenvalue weighted by molar-refractivity contribution is -0.110. The molecule has 14 heteroatoms. The van der Waals surface area contributed by atoms with Gasteiger partial charge >= 0.3 is 0 Å². The molecule has 34 heavy (non-hydrogen) atoms. The Morgan fingerprint density at radius 2 is 2.03 bits per heavy atom. The van der Waals surface area contributed by atoms with Crippen molar-refractivity contribution >= 4 is 38.1 Å². The van der Waals surface area contributed by atoms with E-state index >= 15 is 0 Å². The number of anilines is 1. The molecule has 2 aromatic heterocycles. The van der Waals surface area contributed by atoms with Crippen LogP contribution >= 0.6 is 11.3 Å². The minimum atomic E-state index is -3.75. The van der Waals surface area contributed by atoms with Crippen LogP contribution in [-0.2, 0) is 31.0 Å². The van der Waals surface area contributed by atoms with Crippen molar-refractivity contribution in [1.29, 1.82) is 0 Å². The third-order valence-electron chi connectivity index (χ3n) is 4.83. The third-order valence-corrected chi connectivity index (χ3v) is 7.07. The topological polar surface area (TPSA) is 148 Å². The van der Waals surface area contributed by atoms with Crippen molar-refractivity contribution in [2.24, 2.45) is 5.16 Å². The maximum atomic E-state index is 13.3. The van der Waals surface area contributed by atoms with E-state index in [1.807, 2.05) is 0 Å². The van der Waals surface area contributed by atoms with Gasteiger partial charge in [-0.15, -0.1) is 0 Å². The van der Waals surface area contributed by atoms with Crippen LogP contribution < -0.4 is 10.0 Å². The summed E-state index contributed by atoms with van der Waals surface area (Å²) < 4.78 is 46.6. The molecule has 1 aliphatic rings. The summed E-state index contributed by atoms with van der Waals surface area (Å²) >= 11 is 0.658. The number of halogens is 1. The van der Waals surface area contributed by atoms with Crippen LogP contribution in [0.25, 0.3) is 0 Å². The Labute approximate surface area is 198 Å². The van der Waals surface area contributed by atoms with E-state index in [0.717, 1.165) is 6.20 Å². The number of rotatable bonds is 9. The van der Waals surface area contributed by atoms with Crippen molar-refractivity contribution in [2.75, 3.05) is 18.5 Å². The highest BCUT2D eigenvalue weighted by atomic mass is 32.2. The van der Waals surface area contributed by atoms with E-state index < -0.39 is 21.1 Å². The molecule has 3 aromatic rings. The summed E-state index contributed by atoms with van der Waals surface area (Å²) in [5, 5.41) is 12.4. The molecule has 1 saturated heterocycles. The summed E-state index contributed by atoms with van der Waals surface area (Å²) in [6, 6.07) is 7.11. The van der Waals surface area contributed by atoms with Crippen LogP contribution in [0, 0.1) is 5.13 Å². The highest BCUT2D eigenvalue weighted by Crippen LogP contribution is 2.18. The van der Waals surface area contributed by atoms with Crippen molar-refractivity contribution < 1.29 is 27.2 Å². The van der Waals surface area contributed by atoms with E-state index in [1.54, 1.807) is 12.3 Å². The molecule has 0 aliphatic carbocycles.